The molecule has 2 aliphatic heterocycles. The van der Waals surface area contributed by atoms with Crippen molar-refractivity contribution in [2.24, 2.45) is 5.41 Å². The lowest BCUT2D eigenvalue weighted by Crippen LogP contribution is -2.50. The molecule has 1 aromatic carbocycles. The third-order valence-corrected chi connectivity index (χ3v) is 5.13. The summed E-state index contributed by atoms with van der Waals surface area (Å²) >= 11 is 0. The van der Waals surface area contributed by atoms with Crippen LogP contribution >= 0.6 is 0 Å². The molecule has 1 unspecified atom stereocenters. The Morgan fingerprint density at radius 3 is 3.06 bits per heavy atom. The first-order chi connectivity index (χ1) is 8.64. The molecule has 1 aliphatic carbocycles. The van der Waals surface area contributed by atoms with E-state index >= 15 is 0 Å². The molecule has 0 radical (unpaired) electrons. The highest BCUT2D eigenvalue weighted by Gasteiger charge is 2.43. The third kappa shape index (κ3) is 1.45. The first-order valence-electron chi connectivity index (χ1n) is 7.24. The van der Waals surface area contributed by atoms with Crippen LogP contribution in [0.2, 0.25) is 0 Å². The molecule has 18 heavy (non-hydrogen) atoms. The quantitative estimate of drug-likeness (QED) is 0.730. The summed E-state index contributed by atoms with van der Waals surface area (Å²) < 4.78 is 0. The van der Waals surface area contributed by atoms with E-state index in [1.807, 2.05) is 0 Å². The minimum atomic E-state index is 0.433. The zero-order valence-corrected chi connectivity index (χ0v) is 11.3. The molecule has 1 aromatic rings. The van der Waals surface area contributed by atoms with Gasteiger partial charge in [0, 0.05) is 36.7 Å². The van der Waals surface area contributed by atoms with Gasteiger partial charge in [-0.1, -0.05) is 26.0 Å². The molecule has 2 heteroatoms. The molecule has 4 rings (SSSR count). The summed E-state index contributed by atoms with van der Waals surface area (Å²) in [6.45, 7) is 7.09. The smallest absolute Gasteiger partial charge is 0.0379 e. The van der Waals surface area contributed by atoms with Gasteiger partial charge in [-0.15, -0.1) is 0 Å². The van der Waals surface area contributed by atoms with Gasteiger partial charge in [0.05, 0.1) is 0 Å². The van der Waals surface area contributed by atoms with Crippen LogP contribution in [0.5, 0.6) is 0 Å². The van der Waals surface area contributed by atoms with Crippen molar-refractivity contribution in [1.82, 2.24) is 5.32 Å². The van der Waals surface area contributed by atoms with Gasteiger partial charge in [-0.25, -0.2) is 0 Å². The molecule has 2 nitrogen and oxygen atoms in total. The summed E-state index contributed by atoms with van der Waals surface area (Å²) in [5, 5.41) is 7.40. The summed E-state index contributed by atoms with van der Waals surface area (Å²) in [6.07, 6.45) is 2.64. The van der Waals surface area contributed by atoms with E-state index in [0.717, 1.165) is 18.4 Å². The number of hydrogen-bond donors (Lipinski definition) is 2. The maximum atomic E-state index is 3.81. The van der Waals surface area contributed by atoms with E-state index in [1.54, 1.807) is 11.1 Å². The van der Waals surface area contributed by atoms with E-state index in [2.05, 4.69) is 42.7 Å². The van der Waals surface area contributed by atoms with Gasteiger partial charge < -0.3 is 10.6 Å². The zero-order chi connectivity index (χ0) is 12.3. The van der Waals surface area contributed by atoms with Crippen LogP contribution in [-0.2, 0) is 0 Å². The van der Waals surface area contributed by atoms with Gasteiger partial charge in [0.25, 0.3) is 0 Å². The van der Waals surface area contributed by atoms with Crippen molar-refractivity contribution >= 4 is 5.69 Å². The number of piperidine rings is 1. The molecule has 0 spiro atoms. The van der Waals surface area contributed by atoms with E-state index in [4.69, 9.17) is 0 Å². The van der Waals surface area contributed by atoms with E-state index in [9.17, 15) is 0 Å². The van der Waals surface area contributed by atoms with Crippen molar-refractivity contribution in [3.63, 3.8) is 0 Å². The highest BCUT2D eigenvalue weighted by Crippen LogP contribution is 2.50. The van der Waals surface area contributed by atoms with Crippen LogP contribution in [0.15, 0.2) is 18.2 Å². The van der Waals surface area contributed by atoms with E-state index < -0.39 is 0 Å². The van der Waals surface area contributed by atoms with Crippen molar-refractivity contribution in [2.45, 2.75) is 44.6 Å². The van der Waals surface area contributed by atoms with Gasteiger partial charge in [0.1, 0.15) is 0 Å². The summed E-state index contributed by atoms with van der Waals surface area (Å²) in [7, 11) is 0. The normalized spacial score (nSPS) is 35.6. The van der Waals surface area contributed by atoms with Gasteiger partial charge in [-0.05, 0) is 35.4 Å². The first kappa shape index (κ1) is 10.9. The fourth-order valence-electron chi connectivity index (χ4n) is 4.29. The maximum absolute atomic E-state index is 3.81. The van der Waals surface area contributed by atoms with Crippen LogP contribution in [0, 0.1) is 5.41 Å². The third-order valence-electron chi connectivity index (χ3n) is 5.13. The van der Waals surface area contributed by atoms with Crippen molar-refractivity contribution < 1.29 is 0 Å². The Morgan fingerprint density at radius 1 is 1.28 bits per heavy atom. The number of hydrogen-bond acceptors (Lipinski definition) is 2. The molecule has 2 heterocycles. The Labute approximate surface area is 109 Å². The number of nitrogens with one attached hydrogen (secondary N) is 2. The van der Waals surface area contributed by atoms with Crippen LogP contribution in [0.4, 0.5) is 5.69 Å². The minimum absolute atomic E-state index is 0.433. The largest absolute Gasteiger partial charge is 0.384 e. The van der Waals surface area contributed by atoms with Crippen molar-refractivity contribution in [3.05, 3.63) is 29.3 Å². The second kappa shape index (κ2) is 3.51. The highest BCUT2D eigenvalue weighted by molar-refractivity contribution is 5.63. The lowest BCUT2D eigenvalue weighted by Gasteiger charge is -2.46. The van der Waals surface area contributed by atoms with Crippen LogP contribution in [0.25, 0.3) is 0 Å². The number of anilines is 1. The monoisotopic (exact) mass is 242 g/mol. The van der Waals surface area contributed by atoms with Crippen molar-refractivity contribution in [2.75, 3.05) is 18.4 Å². The van der Waals surface area contributed by atoms with Crippen molar-refractivity contribution in [1.29, 1.82) is 0 Å². The molecule has 1 fully saturated rings. The average Bonchev–Trinajstić information content (AvgIpc) is 2.75. The summed E-state index contributed by atoms with van der Waals surface area (Å²) in [6, 6.07) is 7.55. The second-order valence-corrected chi connectivity index (χ2v) is 7.08. The van der Waals surface area contributed by atoms with Gasteiger partial charge in [0.15, 0.2) is 0 Å². The summed E-state index contributed by atoms with van der Waals surface area (Å²) in [5.74, 6) is 1.46. The van der Waals surface area contributed by atoms with Gasteiger partial charge in [-0.3, -0.25) is 0 Å². The average molecular weight is 242 g/mol. The number of benzene rings is 1. The van der Waals surface area contributed by atoms with Gasteiger partial charge in [-0.2, -0.15) is 0 Å². The Bertz CT molecular complexity index is 492. The Balaban J connectivity index is 1.81. The number of fused-ring (bicyclic) bond motifs is 2. The molecule has 2 N–H and O–H groups in total. The molecule has 0 saturated carbocycles. The molecular formula is C16H22N2. The molecule has 96 valence electrons. The lowest BCUT2D eigenvalue weighted by molar-refractivity contribution is 0.176. The van der Waals surface area contributed by atoms with E-state index in [-0.39, 0.29) is 0 Å². The highest BCUT2D eigenvalue weighted by atomic mass is 15.0. The van der Waals surface area contributed by atoms with Gasteiger partial charge in [0.2, 0.25) is 0 Å². The summed E-state index contributed by atoms with van der Waals surface area (Å²) in [5.41, 5.74) is 5.10. The molecule has 1 saturated heterocycles. The molecule has 0 aromatic heterocycles. The Morgan fingerprint density at radius 2 is 2.17 bits per heavy atom. The molecule has 0 bridgehead atoms. The van der Waals surface area contributed by atoms with Crippen molar-refractivity contribution in [3.8, 4) is 0 Å². The Hall–Kier alpha value is -1.02. The van der Waals surface area contributed by atoms with Gasteiger partial charge >= 0.3 is 0 Å². The second-order valence-electron chi connectivity index (χ2n) is 7.08. The van der Waals surface area contributed by atoms with Crippen LogP contribution < -0.4 is 10.6 Å². The molecule has 3 atom stereocenters. The Kier molecular flexibility index (Phi) is 2.12. The topological polar surface area (TPSA) is 24.1 Å². The predicted octanol–water partition coefficient (Wildman–Crippen LogP) is 3.07. The fraction of sp³-hybridized carbons (Fsp3) is 0.625. The SMILES string of the molecule is CC1(C)CN[C@@H]2CC3CNc4cccc(c43)[C@H]2C1. The van der Waals surface area contributed by atoms with Crippen LogP contribution in [0.3, 0.4) is 0 Å². The van der Waals surface area contributed by atoms with Crippen LogP contribution in [0.1, 0.15) is 49.7 Å². The minimum Gasteiger partial charge on any atom is -0.384 e. The lowest BCUT2D eigenvalue weighted by atomic mass is 9.66. The summed E-state index contributed by atoms with van der Waals surface area (Å²) in [4.78, 5) is 0. The number of rotatable bonds is 0. The fourth-order valence-corrected chi connectivity index (χ4v) is 4.29. The predicted molar refractivity (Wildman–Crippen MR) is 75.2 cm³/mol. The van der Waals surface area contributed by atoms with Crippen LogP contribution in [-0.4, -0.2) is 19.1 Å². The van der Waals surface area contributed by atoms with E-state index in [1.165, 1.54) is 25.1 Å². The standard InChI is InChI=1S/C16H22N2/c1-16(2)7-12-11-4-3-5-13-15(11)10(8-17-13)6-14(12)18-9-16/h3-5,10,12,14,17-18H,6-9H2,1-2H3/t10?,12-,14-/m1/s1. The molecule has 3 aliphatic rings. The molecule has 0 amide bonds. The zero-order valence-electron chi connectivity index (χ0n) is 11.3. The maximum Gasteiger partial charge on any atom is 0.0379 e. The van der Waals surface area contributed by atoms with E-state index in [0.29, 0.717) is 11.5 Å². The molecular weight excluding hydrogens is 220 g/mol. The first-order valence-corrected chi connectivity index (χ1v) is 7.24.